The van der Waals surface area contributed by atoms with E-state index in [0.717, 1.165) is 57.7 Å². The molecule has 1 aliphatic heterocycles. The minimum absolute atomic E-state index is 0.243. The van der Waals surface area contributed by atoms with Gasteiger partial charge in [0.1, 0.15) is 11.6 Å². The third-order valence-electron chi connectivity index (χ3n) is 5.96. The van der Waals surface area contributed by atoms with Gasteiger partial charge in [-0.25, -0.2) is 4.39 Å². The second kappa shape index (κ2) is 11.8. The molecule has 0 aromatic heterocycles. The summed E-state index contributed by atoms with van der Waals surface area (Å²) < 4.78 is 18.5. The molecule has 166 valence electrons. The highest BCUT2D eigenvalue weighted by Gasteiger charge is 2.31. The van der Waals surface area contributed by atoms with Crippen LogP contribution in [0.3, 0.4) is 0 Å². The molecule has 1 aromatic carbocycles. The lowest BCUT2D eigenvalue weighted by molar-refractivity contribution is -0.135. The Morgan fingerprint density at radius 2 is 1.93 bits per heavy atom. The van der Waals surface area contributed by atoms with E-state index >= 15 is 0 Å². The summed E-state index contributed by atoms with van der Waals surface area (Å²) in [5, 5.41) is 6.79. The fraction of sp³-hybridized carbons (Fsp3) is 0.652. The first kappa shape index (κ1) is 22.4. The molecule has 1 saturated carbocycles. The molecule has 1 unspecified atom stereocenters. The summed E-state index contributed by atoms with van der Waals surface area (Å²) in [6.45, 7) is 3.00. The maximum atomic E-state index is 12.9. The predicted octanol–water partition coefficient (Wildman–Crippen LogP) is 3.33. The molecule has 0 spiro atoms. The zero-order valence-corrected chi connectivity index (χ0v) is 18.0. The molecule has 30 heavy (non-hydrogen) atoms. The van der Waals surface area contributed by atoms with Gasteiger partial charge in [-0.05, 0) is 56.4 Å². The van der Waals surface area contributed by atoms with Crippen LogP contribution in [-0.2, 0) is 4.79 Å². The Balaban J connectivity index is 1.29. The molecule has 2 fully saturated rings. The van der Waals surface area contributed by atoms with Gasteiger partial charge in [0, 0.05) is 38.6 Å². The van der Waals surface area contributed by atoms with Gasteiger partial charge in [0.05, 0.1) is 6.61 Å². The summed E-state index contributed by atoms with van der Waals surface area (Å²) in [6, 6.07) is 6.34. The van der Waals surface area contributed by atoms with Crippen molar-refractivity contribution >= 4 is 11.9 Å². The molecule has 1 amide bonds. The summed E-state index contributed by atoms with van der Waals surface area (Å²) in [6.07, 6.45) is 8.57. The molecule has 1 heterocycles. The minimum Gasteiger partial charge on any atom is -0.494 e. The van der Waals surface area contributed by atoms with Gasteiger partial charge in [-0.1, -0.05) is 19.3 Å². The van der Waals surface area contributed by atoms with Crippen molar-refractivity contribution in [1.82, 2.24) is 15.5 Å². The number of carbonyl (C=O) groups is 1. The molecule has 0 bridgehead atoms. The number of hydrogen-bond donors (Lipinski definition) is 2. The largest absolute Gasteiger partial charge is 0.494 e. The van der Waals surface area contributed by atoms with E-state index in [1.807, 2.05) is 4.90 Å². The third-order valence-corrected chi connectivity index (χ3v) is 5.96. The van der Waals surface area contributed by atoms with Crippen LogP contribution in [0, 0.1) is 11.7 Å². The number of carbonyl (C=O) groups excluding carboxylic acids is 1. The molecule has 1 atom stereocenters. The van der Waals surface area contributed by atoms with E-state index in [1.54, 1.807) is 19.2 Å². The van der Waals surface area contributed by atoms with Crippen molar-refractivity contribution < 1.29 is 13.9 Å². The number of nitrogens with zero attached hydrogens (tertiary/aromatic N) is 2. The van der Waals surface area contributed by atoms with Gasteiger partial charge in [-0.2, -0.15) is 0 Å². The quantitative estimate of drug-likeness (QED) is 0.386. The van der Waals surface area contributed by atoms with Crippen molar-refractivity contribution in [2.24, 2.45) is 10.9 Å². The van der Waals surface area contributed by atoms with Crippen molar-refractivity contribution in [3.05, 3.63) is 30.1 Å². The number of halogens is 1. The van der Waals surface area contributed by atoms with E-state index in [0.29, 0.717) is 18.3 Å². The summed E-state index contributed by atoms with van der Waals surface area (Å²) in [7, 11) is 1.77. The maximum absolute atomic E-state index is 12.9. The average Bonchev–Trinajstić information content (AvgIpc) is 3.25. The highest BCUT2D eigenvalue weighted by atomic mass is 19.1. The second-order valence-corrected chi connectivity index (χ2v) is 8.26. The van der Waals surface area contributed by atoms with E-state index in [2.05, 4.69) is 15.6 Å². The number of aliphatic imine (C=N–C) groups is 1. The zero-order valence-electron chi connectivity index (χ0n) is 18.0. The smallest absolute Gasteiger partial charge is 0.225 e. The van der Waals surface area contributed by atoms with Crippen molar-refractivity contribution in [3.8, 4) is 5.75 Å². The molecular weight excluding hydrogens is 383 g/mol. The second-order valence-electron chi connectivity index (χ2n) is 8.26. The van der Waals surface area contributed by atoms with Crippen LogP contribution in [0.1, 0.15) is 51.4 Å². The van der Waals surface area contributed by atoms with E-state index < -0.39 is 0 Å². The lowest BCUT2D eigenvalue weighted by Crippen LogP contribution is -2.45. The number of ether oxygens (including phenoxy) is 1. The predicted molar refractivity (Wildman–Crippen MR) is 117 cm³/mol. The van der Waals surface area contributed by atoms with Crippen LogP contribution in [0.2, 0.25) is 0 Å². The van der Waals surface area contributed by atoms with Gasteiger partial charge < -0.3 is 20.3 Å². The monoisotopic (exact) mass is 418 g/mol. The fourth-order valence-electron chi connectivity index (χ4n) is 4.23. The number of unbranched alkanes of at least 4 members (excludes halogenated alkanes) is 1. The van der Waals surface area contributed by atoms with Gasteiger partial charge in [-0.15, -0.1) is 0 Å². The summed E-state index contributed by atoms with van der Waals surface area (Å²) >= 11 is 0. The topological polar surface area (TPSA) is 66.0 Å². The Labute approximate surface area is 179 Å². The Morgan fingerprint density at radius 1 is 1.17 bits per heavy atom. The number of amides is 1. The van der Waals surface area contributed by atoms with Gasteiger partial charge in [0.2, 0.25) is 5.91 Å². The van der Waals surface area contributed by atoms with Gasteiger partial charge in [0.25, 0.3) is 0 Å². The summed E-state index contributed by atoms with van der Waals surface area (Å²) in [5.41, 5.74) is 0. The van der Waals surface area contributed by atoms with Gasteiger partial charge >= 0.3 is 0 Å². The molecule has 6 nitrogen and oxygen atoms in total. The molecule has 2 N–H and O–H groups in total. The van der Waals surface area contributed by atoms with E-state index in [1.165, 1.54) is 31.4 Å². The molecule has 1 aliphatic carbocycles. The number of nitrogens with one attached hydrogen (secondary N) is 2. The molecular formula is C23H35FN4O2. The van der Waals surface area contributed by atoms with Crippen LogP contribution in [0.15, 0.2) is 29.3 Å². The Hall–Kier alpha value is -2.31. The Morgan fingerprint density at radius 3 is 2.67 bits per heavy atom. The number of rotatable bonds is 8. The normalized spacial score (nSPS) is 20.3. The van der Waals surface area contributed by atoms with Crippen LogP contribution in [0.25, 0.3) is 0 Å². The standard InChI is InChI=1S/C23H35FN4O2/c1-25-23(26-14-5-6-16-30-21-11-9-19(24)10-12-21)27-20-13-15-28(17-20)22(29)18-7-3-2-4-8-18/h9-12,18,20H,2-8,13-17H2,1H3,(H2,25,26,27). The molecule has 2 aliphatic rings. The van der Waals surface area contributed by atoms with E-state index in [4.69, 9.17) is 4.74 Å². The zero-order chi connectivity index (χ0) is 21.2. The maximum Gasteiger partial charge on any atom is 0.225 e. The van der Waals surface area contributed by atoms with Crippen LogP contribution < -0.4 is 15.4 Å². The number of likely N-dealkylation sites (tertiary alicyclic amines) is 1. The number of hydrogen-bond acceptors (Lipinski definition) is 3. The number of guanidine groups is 1. The SMILES string of the molecule is CN=C(NCCCCOc1ccc(F)cc1)NC1CCN(C(=O)C2CCCCC2)C1. The summed E-state index contributed by atoms with van der Waals surface area (Å²) in [4.78, 5) is 19.1. The first-order valence-corrected chi connectivity index (χ1v) is 11.3. The van der Waals surface area contributed by atoms with Crippen LogP contribution in [0.4, 0.5) is 4.39 Å². The molecule has 0 radical (unpaired) electrons. The van der Waals surface area contributed by atoms with Crippen LogP contribution in [-0.4, -0.2) is 56.1 Å². The molecule has 7 heteroatoms. The molecule has 3 rings (SSSR count). The summed E-state index contributed by atoms with van der Waals surface area (Å²) in [5.74, 6) is 1.81. The van der Waals surface area contributed by atoms with E-state index in [-0.39, 0.29) is 17.8 Å². The lowest BCUT2D eigenvalue weighted by Gasteiger charge is -2.26. The molecule has 1 saturated heterocycles. The Kier molecular flexibility index (Phi) is 8.78. The van der Waals surface area contributed by atoms with Crippen molar-refractivity contribution in [2.45, 2.75) is 57.4 Å². The fourth-order valence-corrected chi connectivity index (χ4v) is 4.23. The first-order valence-electron chi connectivity index (χ1n) is 11.3. The Bertz CT molecular complexity index is 689. The molecule has 1 aromatic rings. The lowest BCUT2D eigenvalue weighted by atomic mass is 9.88. The third kappa shape index (κ3) is 6.89. The van der Waals surface area contributed by atoms with Gasteiger partial charge in [0.15, 0.2) is 5.96 Å². The average molecular weight is 419 g/mol. The minimum atomic E-state index is -0.255. The van der Waals surface area contributed by atoms with E-state index in [9.17, 15) is 9.18 Å². The van der Waals surface area contributed by atoms with Crippen molar-refractivity contribution in [1.29, 1.82) is 0 Å². The first-order chi connectivity index (χ1) is 14.7. The van der Waals surface area contributed by atoms with Crippen LogP contribution >= 0.6 is 0 Å². The van der Waals surface area contributed by atoms with Crippen molar-refractivity contribution in [3.63, 3.8) is 0 Å². The number of benzene rings is 1. The van der Waals surface area contributed by atoms with Crippen molar-refractivity contribution in [2.75, 3.05) is 33.3 Å². The van der Waals surface area contributed by atoms with Gasteiger partial charge in [-0.3, -0.25) is 9.79 Å². The highest BCUT2D eigenvalue weighted by molar-refractivity contribution is 5.81. The van der Waals surface area contributed by atoms with Crippen LogP contribution in [0.5, 0.6) is 5.75 Å². The highest BCUT2D eigenvalue weighted by Crippen LogP contribution is 2.26.